The van der Waals surface area contributed by atoms with Gasteiger partial charge in [-0.3, -0.25) is 9.59 Å². The molecule has 0 fully saturated rings. The maximum absolute atomic E-state index is 13.5. The molecule has 7 heteroatoms. The van der Waals surface area contributed by atoms with Crippen molar-refractivity contribution < 1.29 is 13.9 Å². The molecule has 0 saturated carbocycles. The van der Waals surface area contributed by atoms with E-state index in [1.54, 1.807) is 19.1 Å². The van der Waals surface area contributed by atoms with Crippen LogP contribution >= 0.6 is 0 Å². The van der Waals surface area contributed by atoms with Crippen molar-refractivity contribution in [1.82, 2.24) is 15.1 Å². The van der Waals surface area contributed by atoms with E-state index in [0.29, 0.717) is 17.7 Å². The molecule has 2 aromatic rings. The van der Waals surface area contributed by atoms with Gasteiger partial charge in [-0.15, -0.1) is 0 Å². The highest BCUT2D eigenvalue weighted by molar-refractivity contribution is 5.91. The Morgan fingerprint density at radius 1 is 1.35 bits per heavy atom. The zero-order chi connectivity index (χ0) is 16.8. The van der Waals surface area contributed by atoms with Gasteiger partial charge in [-0.25, -0.2) is 9.07 Å². The summed E-state index contributed by atoms with van der Waals surface area (Å²) >= 11 is 0. The number of rotatable bonds is 6. The van der Waals surface area contributed by atoms with Gasteiger partial charge in [0.25, 0.3) is 11.5 Å². The predicted molar refractivity (Wildman–Crippen MR) is 82.7 cm³/mol. The van der Waals surface area contributed by atoms with Crippen LogP contribution in [0.2, 0.25) is 0 Å². The number of hydrogen-bond acceptors (Lipinski definition) is 4. The van der Waals surface area contributed by atoms with Crippen molar-refractivity contribution in [2.45, 2.75) is 20.0 Å². The van der Waals surface area contributed by atoms with Crippen LogP contribution in [0.5, 0.6) is 0 Å². The Hall–Kier alpha value is -2.54. The highest BCUT2D eigenvalue weighted by Gasteiger charge is 2.10. The lowest BCUT2D eigenvalue weighted by atomic mass is 10.1. The first-order chi connectivity index (χ1) is 11.0. The maximum Gasteiger partial charge on any atom is 0.271 e. The molecule has 0 bridgehead atoms. The number of aryl methyl sites for hydroxylation is 1. The van der Waals surface area contributed by atoms with Crippen molar-refractivity contribution in [1.29, 1.82) is 0 Å². The lowest BCUT2D eigenvalue weighted by Crippen LogP contribution is -2.30. The van der Waals surface area contributed by atoms with Gasteiger partial charge in [0.15, 0.2) is 0 Å². The molecule has 6 nitrogen and oxygen atoms in total. The van der Waals surface area contributed by atoms with Gasteiger partial charge in [0.05, 0.1) is 13.2 Å². The third-order valence-electron chi connectivity index (χ3n) is 3.30. The molecular formula is C16H18FN3O3. The van der Waals surface area contributed by atoms with E-state index in [1.807, 2.05) is 0 Å². The van der Waals surface area contributed by atoms with E-state index >= 15 is 0 Å². The fourth-order valence-electron chi connectivity index (χ4n) is 1.93. The molecule has 23 heavy (non-hydrogen) atoms. The van der Waals surface area contributed by atoms with E-state index in [4.69, 9.17) is 4.74 Å². The van der Waals surface area contributed by atoms with E-state index in [0.717, 1.165) is 0 Å². The molecule has 0 saturated heterocycles. The normalized spacial score (nSPS) is 10.6. The second-order valence-corrected chi connectivity index (χ2v) is 5.04. The number of amides is 1. The Morgan fingerprint density at radius 2 is 2.13 bits per heavy atom. The van der Waals surface area contributed by atoms with Crippen molar-refractivity contribution in [3.05, 3.63) is 63.3 Å². The quantitative estimate of drug-likeness (QED) is 0.870. The first-order valence-electron chi connectivity index (χ1n) is 7.11. The minimum Gasteiger partial charge on any atom is -0.383 e. The van der Waals surface area contributed by atoms with Crippen LogP contribution in [-0.4, -0.2) is 29.4 Å². The Labute approximate surface area is 132 Å². The van der Waals surface area contributed by atoms with Gasteiger partial charge < -0.3 is 10.1 Å². The third kappa shape index (κ3) is 4.46. The van der Waals surface area contributed by atoms with Crippen LogP contribution in [0, 0.1) is 12.7 Å². The predicted octanol–water partition coefficient (Wildman–Crippen LogP) is 1.27. The molecule has 1 amide bonds. The van der Waals surface area contributed by atoms with Crippen LogP contribution in [0.25, 0.3) is 0 Å². The van der Waals surface area contributed by atoms with E-state index in [-0.39, 0.29) is 30.2 Å². The highest BCUT2D eigenvalue weighted by atomic mass is 19.1. The molecule has 1 aromatic heterocycles. The summed E-state index contributed by atoms with van der Waals surface area (Å²) in [5.74, 6) is -0.750. The molecule has 1 aromatic carbocycles. The van der Waals surface area contributed by atoms with E-state index < -0.39 is 5.91 Å². The van der Waals surface area contributed by atoms with Crippen molar-refractivity contribution in [3.8, 4) is 0 Å². The smallest absolute Gasteiger partial charge is 0.271 e. The molecule has 0 aliphatic carbocycles. The fraction of sp³-hybridized carbons (Fsp3) is 0.312. The van der Waals surface area contributed by atoms with Gasteiger partial charge in [-0.2, -0.15) is 5.10 Å². The molecule has 1 heterocycles. The van der Waals surface area contributed by atoms with Crippen LogP contribution in [0.1, 0.15) is 21.6 Å². The standard InChI is InChI=1S/C16H18FN3O3/c1-11-3-4-12(9-13(11)17)10-18-16(22)14-5-6-15(21)20(19-14)7-8-23-2/h3-6,9H,7-8,10H2,1-2H3,(H,18,22). The van der Waals surface area contributed by atoms with Gasteiger partial charge in [0.1, 0.15) is 11.5 Å². The highest BCUT2D eigenvalue weighted by Crippen LogP contribution is 2.09. The van der Waals surface area contributed by atoms with Gasteiger partial charge >= 0.3 is 0 Å². The van der Waals surface area contributed by atoms with Crippen LogP contribution in [0.15, 0.2) is 35.1 Å². The van der Waals surface area contributed by atoms with Crippen molar-refractivity contribution in [2.24, 2.45) is 0 Å². The first kappa shape index (κ1) is 16.8. The number of halogens is 1. The number of hydrogen-bond donors (Lipinski definition) is 1. The molecule has 0 aliphatic rings. The molecule has 0 atom stereocenters. The zero-order valence-corrected chi connectivity index (χ0v) is 13.0. The van der Waals surface area contributed by atoms with Crippen molar-refractivity contribution >= 4 is 5.91 Å². The third-order valence-corrected chi connectivity index (χ3v) is 3.30. The van der Waals surface area contributed by atoms with Crippen molar-refractivity contribution in [3.63, 3.8) is 0 Å². The van der Waals surface area contributed by atoms with E-state index in [9.17, 15) is 14.0 Å². The molecule has 0 radical (unpaired) electrons. The van der Waals surface area contributed by atoms with Crippen molar-refractivity contribution in [2.75, 3.05) is 13.7 Å². The molecular weight excluding hydrogens is 301 g/mol. The number of carbonyl (C=O) groups is 1. The molecule has 0 aliphatic heterocycles. The maximum atomic E-state index is 13.5. The Balaban J connectivity index is 2.05. The SMILES string of the molecule is COCCn1nc(C(=O)NCc2ccc(C)c(F)c2)ccc1=O. The lowest BCUT2D eigenvalue weighted by Gasteiger charge is -2.08. The number of methoxy groups -OCH3 is 1. The molecule has 2 rings (SSSR count). The topological polar surface area (TPSA) is 73.2 Å². The first-order valence-corrected chi connectivity index (χ1v) is 7.11. The van der Waals surface area contributed by atoms with Gasteiger partial charge in [0, 0.05) is 19.7 Å². The van der Waals surface area contributed by atoms with Gasteiger partial charge in [-0.1, -0.05) is 12.1 Å². The molecule has 0 unspecified atom stereocenters. The lowest BCUT2D eigenvalue weighted by molar-refractivity contribution is 0.0942. The summed E-state index contributed by atoms with van der Waals surface area (Å²) < 4.78 is 19.5. The Kier molecular flexibility index (Phi) is 5.59. The van der Waals surface area contributed by atoms with Crippen LogP contribution < -0.4 is 10.9 Å². The number of carbonyl (C=O) groups excluding carboxylic acids is 1. The molecule has 0 spiro atoms. The average Bonchev–Trinajstić information content (AvgIpc) is 2.55. The zero-order valence-electron chi connectivity index (χ0n) is 13.0. The van der Waals surface area contributed by atoms with Gasteiger partial charge in [-0.05, 0) is 30.2 Å². The van der Waals surface area contributed by atoms with E-state index in [2.05, 4.69) is 10.4 Å². The number of nitrogens with one attached hydrogen (secondary N) is 1. The summed E-state index contributed by atoms with van der Waals surface area (Å²) in [7, 11) is 1.52. The summed E-state index contributed by atoms with van der Waals surface area (Å²) in [6.45, 7) is 2.43. The number of benzene rings is 1. The number of aromatic nitrogens is 2. The molecule has 122 valence electrons. The minimum absolute atomic E-state index is 0.119. The second-order valence-electron chi connectivity index (χ2n) is 5.04. The Morgan fingerprint density at radius 3 is 2.83 bits per heavy atom. The Bertz CT molecular complexity index is 758. The van der Waals surface area contributed by atoms with E-state index in [1.165, 1.54) is 30.0 Å². The summed E-state index contributed by atoms with van der Waals surface area (Å²) in [6, 6.07) is 7.41. The molecule has 1 N–H and O–H groups in total. The van der Waals surface area contributed by atoms with Crippen LogP contribution in [0.3, 0.4) is 0 Å². The number of nitrogens with zero attached hydrogens (tertiary/aromatic N) is 2. The summed E-state index contributed by atoms with van der Waals surface area (Å²) in [5.41, 5.74) is 1.01. The minimum atomic E-state index is -0.433. The summed E-state index contributed by atoms with van der Waals surface area (Å²) in [6.07, 6.45) is 0. The van der Waals surface area contributed by atoms with Gasteiger partial charge in [0.2, 0.25) is 0 Å². The fourth-order valence-corrected chi connectivity index (χ4v) is 1.93. The van der Waals surface area contributed by atoms with Crippen LogP contribution in [-0.2, 0) is 17.8 Å². The largest absolute Gasteiger partial charge is 0.383 e. The average molecular weight is 319 g/mol. The summed E-state index contributed by atoms with van der Waals surface area (Å²) in [5, 5.41) is 6.64. The monoisotopic (exact) mass is 319 g/mol. The number of ether oxygens (including phenoxy) is 1. The second kappa shape index (κ2) is 7.64. The summed E-state index contributed by atoms with van der Waals surface area (Å²) in [4.78, 5) is 23.7. The van der Waals surface area contributed by atoms with Crippen LogP contribution in [0.4, 0.5) is 4.39 Å².